The van der Waals surface area contributed by atoms with Gasteiger partial charge in [0.25, 0.3) is 0 Å². The van der Waals surface area contributed by atoms with Gasteiger partial charge in [0.1, 0.15) is 12.2 Å². The molecule has 0 spiro atoms. The second-order valence-corrected chi connectivity index (χ2v) is 19.7. The van der Waals surface area contributed by atoms with Gasteiger partial charge in [0, 0.05) is 0 Å². The highest BCUT2D eigenvalue weighted by Gasteiger charge is 2.65. The summed E-state index contributed by atoms with van der Waals surface area (Å²) in [4.78, 5) is 0. The van der Waals surface area contributed by atoms with Crippen LogP contribution in [0.5, 0.6) is 0 Å². The smallest absolute Gasteiger partial charge is 0.264 e. The van der Waals surface area contributed by atoms with Crippen molar-refractivity contribution in [3.05, 3.63) is 0 Å². The maximum absolute atomic E-state index is 12.1. The van der Waals surface area contributed by atoms with Crippen LogP contribution in [-0.4, -0.2) is 57.2 Å². The molecule has 15 heteroatoms. The van der Waals surface area contributed by atoms with Crippen LogP contribution in [0.25, 0.3) is 0 Å². The summed E-state index contributed by atoms with van der Waals surface area (Å²) in [6.07, 6.45) is 1.90. The van der Waals surface area contributed by atoms with E-state index in [4.69, 9.17) is 12.5 Å². The maximum atomic E-state index is 12.1. The Bertz CT molecular complexity index is 1430. The molecule has 0 aromatic heterocycles. The van der Waals surface area contributed by atoms with Crippen molar-refractivity contribution >= 4 is 31.2 Å². The van der Waals surface area contributed by atoms with E-state index in [1.807, 2.05) is 6.92 Å². The first-order valence-corrected chi connectivity index (χ1v) is 20.8. The first kappa shape index (κ1) is 38.4. The van der Waals surface area contributed by atoms with Crippen molar-refractivity contribution in [1.29, 1.82) is 0 Å². The molecule has 12 atom stereocenters. The highest BCUT2D eigenvalue weighted by molar-refractivity contribution is 7.81. The molecule has 0 aromatic carbocycles. The van der Waals surface area contributed by atoms with Crippen molar-refractivity contribution < 1.29 is 51.5 Å². The van der Waals surface area contributed by atoms with Crippen molar-refractivity contribution in [2.45, 2.75) is 131 Å². The predicted octanol–water partition coefficient (Wildman–Crippen LogP) is 6.16. The summed E-state index contributed by atoms with van der Waals surface area (Å²) in [5, 5.41) is 0. The van der Waals surface area contributed by atoms with Gasteiger partial charge in [0.05, 0.1) is 6.10 Å². The zero-order valence-corrected chi connectivity index (χ0v) is 30.9. The van der Waals surface area contributed by atoms with Crippen molar-refractivity contribution in [2.75, 3.05) is 0 Å². The molecule has 4 aliphatic rings. The summed E-state index contributed by atoms with van der Waals surface area (Å²) in [7, 11) is -15.0. The summed E-state index contributed by atoms with van der Waals surface area (Å²) in [6, 6.07) is 0. The van der Waals surface area contributed by atoms with Crippen molar-refractivity contribution in [1.82, 2.24) is 0 Å². The third kappa shape index (κ3) is 7.98. The van der Waals surface area contributed by atoms with Gasteiger partial charge in [-0.25, -0.2) is 12.5 Å². The lowest BCUT2D eigenvalue weighted by molar-refractivity contribution is -0.184. The summed E-state index contributed by atoms with van der Waals surface area (Å²) in [5.74, 6) is 1.65. The highest BCUT2D eigenvalue weighted by atomic mass is 32.3. The first-order chi connectivity index (χ1) is 20.8. The van der Waals surface area contributed by atoms with E-state index in [0.717, 1.165) is 38.5 Å². The molecular weight excluding hydrogens is 661 g/mol. The fourth-order valence-corrected chi connectivity index (χ4v) is 12.2. The Balaban J connectivity index is 1.64. The molecule has 4 rings (SSSR count). The van der Waals surface area contributed by atoms with Gasteiger partial charge in [-0.1, -0.05) is 61.8 Å². The molecule has 0 amide bonds. The average Bonchev–Trinajstić information content (AvgIpc) is 3.22. The van der Waals surface area contributed by atoms with Crippen LogP contribution >= 0.6 is 0 Å². The average molecular weight is 717 g/mol. The molecule has 0 saturated heterocycles. The van der Waals surface area contributed by atoms with E-state index in [2.05, 4.69) is 48.5 Å². The van der Waals surface area contributed by atoms with E-state index in [1.54, 1.807) is 0 Å². The minimum absolute atomic E-state index is 0.00115. The molecule has 0 radical (unpaired) electrons. The van der Waals surface area contributed by atoms with Crippen molar-refractivity contribution in [3.63, 3.8) is 0 Å². The molecule has 270 valence electrons. The maximum Gasteiger partial charge on any atom is 0.397 e. The zero-order chi connectivity index (χ0) is 34.8. The Hall–Kier alpha value is -0.390. The van der Waals surface area contributed by atoms with Crippen LogP contribution < -0.4 is 0 Å². The lowest BCUT2D eigenvalue weighted by Gasteiger charge is -2.63. The molecule has 0 bridgehead atoms. The quantitative estimate of drug-likeness (QED) is 0.195. The van der Waals surface area contributed by atoms with Gasteiger partial charge in [-0.3, -0.25) is 13.7 Å². The van der Waals surface area contributed by atoms with Crippen LogP contribution in [0.4, 0.5) is 0 Å². The minimum Gasteiger partial charge on any atom is -0.264 e. The van der Waals surface area contributed by atoms with Crippen molar-refractivity contribution in [2.24, 2.45) is 63.6 Å². The molecule has 0 heterocycles. The molecule has 0 aliphatic heterocycles. The van der Waals surface area contributed by atoms with E-state index in [1.165, 1.54) is 0 Å². The van der Waals surface area contributed by atoms with E-state index >= 15 is 0 Å². The first-order valence-electron chi connectivity index (χ1n) is 16.8. The van der Waals surface area contributed by atoms with Gasteiger partial charge in [-0.05, 0) is 115 Å². The normalized spacial score (nSPS) is 40.2. The van der Waals surface area contributed by atoms with E-state index in [0.29, 0.717) is 30.1 Å². The van der Waals surface area contributed by atoms with E-state index in [9.17, 15) is 38.9 Å². The van der Waals surface area contributed by atoms with Crippen LogP contribution in [0.15, 0.2) is 0 Å². The fourth-order valence-electron chi connectivity index (χ4n) is 10.7. The molecule has 46 heavy (non-hydrogen) atoms. The van der Waals surface area contributed by atoms with E-state index in [-0.39, 0.29) is 41.4 Å². The number of hydrogen-bond acceptors (Lipinski definition) is 9. The Kier molecular flexibility index (Phi) is 10.9. The van der Waals surface area contributed by atoms with Crippen LogP contribution in [0, 0.1) is 63.6 Å². The molecular formula is C31H56O12S3. The Morgan fingerprint density at radius 2 is 1.22 bits per heavy atom. The molecule has 4 fully saturated rings. The Morgan fingerprint density at radius 3 is 1.76 bits per heavy atom. The van der Waals surface area contributed by atoms with Gasteiger partial charge < -0.3 is 0 Å². The van der Waals surface area contributed by atoms with Crippen LogP contribution in [0.2, 0.25) is 0 Å². The molecule has 4 aliphatic carbocycles. The van der Waals surface area contributed by atoms with Crippen molar-refractivity contribution in [3.8, 4) is 0 Å². The van der Waals surface area contributed by atoms with Gasteiger partial charge in [0.15, 0.2) is 0 Å². The Labute approximate surface area is 277 Å². The number of hydrogen-bond donors (Lipinski definition) is 3. The van der Waals surface area contributed by atoms with Crippen LogP contribution in [0.1, 0.15) is 113 Å². The zero-order valence-electron chi connectivity index (χ0n) is 28.5. The van der Waals surface area contributed by atoms with Gasteiger partial charge in [0.2, 0.25) is 0 Å². The third-order valence-electron chi connectivity index (χ3n) is 13.9. The minimum atomic E-state index is -5.07. The fraction of sp³-hybridized carbons (Fsp3) is 1.00. The molecule has 3 N–H and O–H groups in total. The van der Waals surface area contributed by atoms with Gasteiger partial charge in [-0.2, -0.15) is 25.3 Å². The standard InChI is InChI=1S/C31H56O12S3/c1-18(2)29(5,6)20(4)10-9-19(3)22-11-12-23-21-15-26(41-44(32,33)34)25-16-27(42-45(35,36)37)28(43-46(38,39)40)17-31(25,8)24(21)13-14-30(22,23)7/h18-28H,9-17H2,1-8H3,(H,32,33,34)(H,35,36,37)(H,38,39,40)/t19-,20+,21+,22-,23+,24+,25?,26+,27+,28+,30-,31-/m1/s1. The molecule has 12 nitrogen and oxygen atoms in total. The highest BCUT2D eigenvalue weighted by Crippen LogP contribution is 2.69. The summed E-state index contributed by atoms with van der Waals surface area (Å²) >= 11 is 0. The lowest BCUT2D eigenvalue weighted by Crippen LogP contribution is -2.62. The van der Waals surface area contributed by atoms with E-state index < -0.39 is 60.8 Å². The number of rotatable bonds is 12. The van der Waals surface area contributed by atoms with Gasteiger partial charge in [-0.15, -0.1) is 0 Å². The molecule has 4 saturated carbocycles. The predicted molar refractivity (Wildman–Crippen MR) is 171 cm³/mol. The monoisotopic (exact) mass is 716 g/mol. The Morgan fingerprint density at radius 1 is 0.696 bits per heavy atom. The summed E-state index contributed by atoms with van der Waals surface area (Å²) in [5.41, 5.74) is -0.590. The second-order valence-electron chi connectivity index (χ2n) is 16.5. The third-order valence-corrected chi connectivity index (χ3v) is 15.4. The molecule has 0 aromatic rings. The van der Waals surface area contributed by atoms with Gasteiger partial charge >= 0.3 is 31.2 Å². The SMILES string of the molecule is CC(C)C(C)(C)[C@@H](C)CC[C@@H](C)[C@H]1CC[C@H]2[C@@H]3C[C@H](OS(=O)(=O)O)C4C[C@H](OS(=O)(=O)O)[C@@H](OS(=O)(=O)O)C[C@]4(C)[C@H]3CC[C@]12C. The molecule has 1 unspecified atom stereocenters. The lowest BCUT2D eigenvalue weighted by atomic mass is 9.43. The topological polar surface area (TPSA) is 191 Å². The largest absolute Gasteiger partial charge is 0.397 e. The summed E-state index contributed by atoms with van der Waals surface area (Å²) < 4.78 is 115. The van der Waals surface area contributed by atoms with Crippen LogP contribution in [0.3, 0.4) is 0 Å². The van der Waals surface area contributed by atoms with Crippen LogP contribution in [-0.2, 0) is 43.7 Å². The summed E-state index contributed by atoms with van der Waals surface area (Å²) in [6.45, 7) is 18.2. The second kappa shape index (κ2) is 13.1. The number of fused-ring (bicyclic) bond motifs is 5.